The van der Waals surface area contributed by atoms with Crippen LogP contribution in [0.15, 0.2) is 16.6 Å². The first kappa shape index (κ1) is 57.7. The average Bonchev–Trinajstić information content (AvgIpc) is 3.66. The van der Waals surface area contributed by atoms with Crippen molar-refractivity contribution in [3.05, 3.63) is 34.8 Å². The summed E-state index contributed by atoms with van der Waals surface area (Å²) in [6.45, 7) is 8.35. The lowest BCUT2D eigenvalue weighted by Gasteiger charge is -2.24. The first-order chi connectivity index (χ1) is 30.5. The molecule has 1 fully saturated rings. The zero-order valence-corrected chi connectivity index (χ0v) is 41.9. The number of esters is 2. The molecule has 1 unspecified atom stereocenters. The molecule has 1 aromatic heterocycles. The Bertz CT molecular complexity index is 1540. The van der Waals surface area contributed by atoms with E-state index in [0.29, 0.717) is 36.7 Å². The number of hydrogen-bond donors (Lipinski definition) is 3. The topological polar surface area (TPSA) is 179 Å². The normalized spacial score (nSPS) is 18.7. The maximum absolute atomic E-state index is 12.9. The molecule has 1 aromatic rings. The van der Waals surface area contributed by atoms with Crippen molar-refractivity contribution in [3.8, 4) is 0 Å². The third-order valence-corrected chi connectivity index (χ3v) is 13.4. The van der Waals surface area contributed by atoms with Crippen LogP contribution in [-0.2, 0) is 50.3 Å². The number of Topliss-reactive ketones (excluding diaryl/α,β-unsaturated/α-hetero) is 1. The van der Waals surface area contributed by atoms with Crippen molar-refractivity contribution in [3.63, 3.8) is 0 Å². The number of quaternary nitrogens is 1. The van der Waals surface area contributed by atoms with E-state index < -0.39 is 50.6 Å². The highest BCUT2D eigenvalue weighted by Gasteiger charge is 2.39. The molecule has 0 bridgehead atoms. The summed E-state index contributed by atoms with van der Waals surface area (Å²) in [7, 11) is 1.32. The number of unbranched alkanes of at least 4 members (excludes halogenated alkanes) is 14. The number of furan rings is 1. The van der Waals surface area contributed by atoms with E-state index in [4.69, 9.17) is 22.9 Å². The molecule has 0 amide bonds. The van der Waals surface area contributed by atoms with Gasteiger partial charge in [0.1, 0.15) is 37.1 Å². The molecule has 3 N–H and O–H groups in total. The minimum atomic E-state index is -4.46. The lowest BCUT2D eigenvalue weighted by atomic mass is 9.88. The Balaban J connectivity index is 1.72. The van der Waals surface area contributed by atoms with Crippen LogP contribution in [0.3, 0.4) is 0 Å². The standard InChI is InChI=1S/C50H88NO12P/c1-8-10-20-26-41(52)32-33-44-43(45(53)36-46(44)54)27-22-18-19-25-31-50(56)62-42(38-61-64(57,58)60-35-34-51(5,6)7)37-59-49(55)30-24-17-15-13-12-14-16-23-29-48-40(4)39(3)47(63-48)28-21-11-9-2/h32-33,41-45,52-53H,8-31,34-38H2,1-7H3/p+1/b33-32+/t41-,42+,43+,44+,45-/m0/s1. The number of carbonyl (C=O) groups is 3. The molecule has 64 heavy (non-hydrogen) atoms. The van der Waals surface area contributed by atoms with Gasteiger partial charge in [0.05, 0.1) is 40.0 Å². The minimum Gasteiger partial charge on any atom is -0.466 e. The van der Waals surface area contributed by atoms with Gasteiger partial charge in [0.15, 0.2) is 6.10 Å². The number of aliphatic hydroxyl groups is 2. The number of aryl methyl sites for hydroxylation is 2. The van der Waals surface area contributed by atoms with Crippen LogP contribution < -0.4 is 0 Å². The fourth-order valence-corrected chi connectivity index (χ4v) is 8.90. The third kappa shape index (κ3) is 25.5. The Labute approximate surface area is 386 Å². The largest absolute Gasteiger partial charge is 0.472 e. The van der Waals surface area contributed by atoms with E-state index in [1.165, 1.54) is 43.2 Å². The lowest BCUT2D eigenvalue weighted by molar-refractivity contribution is -0.870. The average molecular weight is 927 g/mol. The Morgan fingerprint density at radius 2 is 1.33 bits per heavy atom. The van der Waals surface area contributed by atoms with Crippen molar-refractivity contribution in [2.24, 2.45) is 11.8 Å². The number of allylic oxidation sites excluding steroid dienone is 1. The Morgan fingerprint density at radius 3 is 1.94 bits per heavy atom. The van der Waals surface area contributed by atoms with Crippen LogP contribution in [0.1, 0.15) is 184 Å². The number of ether oxygens (including phenoxy) is 2. The quantitative estimate of drug-likeness (QED) is 0.0188. The fourth-order valence-electron chi connectivity index (χ4n) is 8.16. The number of hydrogen-bond acceptors (Lipinski definition) is 11. The van der Waals surface area contributed by atoms with Crippen LogP contribution in [0, 0.1) is 25.7 Å². The van der Waals surface area contributed by atoms with Gasteiger partial charge in [-0.05, 0) is 69.4 Å². The van der Waals surface area contributed by atoms with Gasteiger partial charge < -0.3 is 33.5 Å². The van der Waals surface area contributed by atoms with Gasteiger partial charge in [0.2, 0.25) is 0 Å². The molecule has 0 aliphatic heterocycles. The Hall–Kier alpha value is -2.38. The first-order valence-electron chi connectivity index (χ1n) is 24.9. The molecule has 0 spiro atoms. The van der Waals surface area contributed by atoms with E-state index in [-0.39, 0.29) is 44.2 Å². The summed E-state index contributed by atoms with van der Waals surface area (Å²) in [6, 6.07) is 0. The summed E-state index contributed by atoms with van der Waals surface area (Å²) in [4.78, 5) is 48.4. The Kier molecular flexibility index (Phi) is 29.2. The summed E-state index contributed by atoms with van der Waals surface area (Å²) in [5, 5.41) is 20.9. The molecule has 14 heteroatoms. The fraction of sp³-hybridized carbons (Fsp3) is 0.820. The second kappa shape index (κ2) is 32.3. The maximum Gasteiger partial charge on any atom is 0.472 e. The lowest BCUT2D eigenvalue weighted by Crippen LogP contribution is -2.37. The third-order valence-electron chi connectivity index (χ3n) is 12.4. The van der Waals surface area contributed by atoms with Crippen molar-refractivity contribution < 1.29 is 61.5 Å². The summed E-state index contributed by atoms with van der Waals surface area (Å²) in [6.07, 6.45) is 22.7. The smallest absolute Gasteiger partial charge is 0.466 e. The highest BCUT2D eigenvalue weighted by atomic mass is 31.2. The van der Waals surface area contributed by atoms with E-state index in [2.05, 4.69) is 27.7 Å². The molecule has 1 aliphatic carbocycles. The molecule has 0 radical (unpaired) electrons. The van der Waals surface area contributed by atoms with E-state index in [0.717, 1.165) is 95.0 Å². The zero-order chi connectivity index (χ0) is 47.4. The highest BCUT2D eigenvalue weighted by Crippen LogP contribution is 2.43. The van der Waals surface area contributed by atoms with Gasteiger partial charge in [0, 0.05) is 38.0 Å². The van der Waals surface area contributed by atoms with Crippen LogP contribution in [-0.4, -0.2) is 103 Å². The highest BCUT2D eigenvalue weighted by molar-refractivity contribution is 7.47. The van der Waals surface area contributed by atoms with Crippen LogP contribution in [0.5, 0.6) is 0 Å². The second-order valence-electron chi connectivity index (χ2n) is 19.2. The van der Waals surface area contributed by atoms with Gasteiger partial charge in [-0.15, -0.1) is 0 Å². The molecule has 1 saturated carbocycles. The van der Waals surface area contributed by atoms with Crippen molar-refractivity contribution >= 4 is 25.5 Å². The van der Waals surface area contributed by atoms with Crippen LogP contribution >= 0.6 is 7.82 Å². The number of phosphoric ester groups is 1. The van der Waals surface area contributed by atoms with Crippen molar-refractivity contribution in [1.29, 1.82) is 0 Å². The molecule has 1 aliphatic rings. The number of aliphatic hydroxyl groups excluding tert-OH is 2. The molecular formula is C50H89NO12P+. The summed E-state index contributed by atoms with van der Waals surface area (Å²) >= 11 is 0. The van der Waals surface area contributed by atoms with Crippen LogP contribution in [0.4, 0.5) is 0 Å². The van der Waals surface area contributed by atoms with Crippen molar-refractivity contribution in [2.75, 3.05) is 47.5 Å². The molecule has 370 valence electrons. The molecule has 0 saturated heterocycles. The van der Waals surface area contributed by atoms with Gasteiger partial charge in [-0.25, -0.2) is 4.57 Å². The maximum atomic E-state index is 12.9. The number of nitrogens with zero attached hydrogens (tertiary/aromatic N) is 1. The molecule has 2 rings (SSSR count). The number of ketones is 1. The van der Waals surface area contributed by atoms with Gasteiger partial charge in [-0.3, -0.25) is 23.4 Å². The van der Waals surface area contributed by atoms with Gasteiger partial charge in [-0.2, -0.15) is 0 Å². The predicted octanol–water partition coefficient (Wildman–Crippen LogP) is 10.4. The van der Waals surface area contributed by atoms with Crippen LogP contribution in [0.25, 0.3) is 0 Å². The number of likely N-dealkylation sites (N-methyl/N-ethyl adjacent to an activating group) is 1. The number of phosphoric acid groups is 1. The summed E-state index contributed by atoms with van der Waals surface area (Å²) < 4.78 is 40.7. The van der Waals surface area contributed by atoms with Crippen molar-refractivity contribution in [1.82, 2.24) is 0 Å². The van der Waals surface area contributed by atoms with Crippen molar-refractivity contribution in [2.45, 2.75) is 207 Å². The number of rotatable bonds is 38. The molecule has 1 heterocycles. The second-order valence-corrected chi connectivity index (χ2v) is 20.7. The SMILES string of the molecule is CCCCCc1oc(CCCCCCCCCCC(=O)OC[C@H](COP(=O)(O)OCC[N+](C)(C)C)OC(=O)CCCCCC[C@H]2[C@@H](O)CC(=O)[C@@H]2/C=C/[C@@H](O)CCCCC)c(C)c1C. The Morgan fingerprint density at radius 1 is 0.781 bits per heavy atom. The summed E-state index contributed by atoms with van der Waals surface area (Å²) in [5.74, 6) is 0.747. The predicted molar refractivity (Wildman–Crippen MR) is 252 cm³/mol. The molecule has 0 aromatic carbocycles. The van der Waals surface area contributed by atoms with E-state index in [9.17, 15) is 34.1 Å². The minimum absolute atomic E-state index is 0.000569. The zero-order valence-electron chi connectivity index (χ0n) is 41.0. The van der Waals surface area contributed by atoms with Crippen LogP contribution in [0.2, 0.25) is 0 Å². The van der Waals surface area contributed by atoms with Gasteiger partial charge in [-0.1, -0.05) is 116 Å². The molecule has 13 nitrogen and oxygen atoms in total. The summed E-state index contributed by atoms with van der Waals surface area (Å²) in [5.41, 5.74) is 2.63. The van der Waals surface area contributed by atoms with Gasteiger partial charge >= 0.3 is 19.8 Å². The molecular weight excluding hydrogens is 838 g/mol. The van der Waals surface area contributed by atoms with E-state index in [1.54, 1.807) is 12.2 Å². The molecule has 6 atom stereocenters. The first-order valence-corrected chi connectivity index (χ1v) is 26.4. The van der Waals surface area contributed by atoms with E-state index in [1.807, 2.05) is 21.1 Å². The van der Waals surface area contributed by atoms with E-state index >= 15 is 0 Å². The number of carbonyl (C=O) groups excluding carboxylic acids is 3. The van der Waals surface area contributed by atoms with Gasteiger partial charge in [0.25, 0.3) is 0 Å². The monoisotopic (exact) mass is 927 g/mol.